The van der Waals surface area contributed by atoms with Gasteiger partial charge in [0.25, 0.3) is 5.89 Å². The lowest BCUT2D eigenvalue weighted by molar-refractivity contribution is 0.180. The van der Waals surface area contributed by atoms with Gasteiger partial charge in [-0.15, -0.1) is 0 Å². The van der Waals surface area contributed by atoms with Crippen molar-refractivity contribution in [2.75, 3.05) is 12.3 Å². The molecule has 9 nitrogen and oxygen atoms in total. The van der Waals surface area contributed by atoms with E-state index in [2.05, 4.69) is 19.8 Å². The van der Waals surface area contributed by atoms with E-state index < -0.39 is 10.0 Å². The average Bonchev–Trinajstić information content (AvgIpc) is 3.13. The summed E-state index contributed by atoms with van der Waals surface area (Å²) in [6, 6.07) is 6.67. The van der Waals surface area contributed by atoms with Gasteiger partial charge in [-0.2, -0.15) is 4.98 Å². The quantitative estimate of drug-likeness (QED) is 0.505. The second kappa shape index (κ2) is 8.37. The zero-order valence-corrected chi connectivity index (χ0v) is 18.2. The summed E-state index contributed by atoms with van der Waals surface area (Å²) in [5.74, 6) is 1.36. The predicted molar refractivity (Wildman–Crippen MR) is 115 cm³/mol. The molecular weight excluding hydrogens is 418 g/mol. The van der Waals surface area contributed by atoms with Crippen molar-refractivity contribution in [2.45, 2.75) is 44.0 Å². The third-order valence-electron chi connectivity index (χ3n) is 5.60. The highest BCUT2D eigenvalue weighted by atomic mass is 32.2. The van der Waals surface area contributed by atoms with Crippen molar-refractivity contribution in [1.82, 2.24) is 19.8 Å². The molecule has 1 saturated carbocycles. The van der Waals surface area contributed by atoms with Crippen LogP contribution in [0.1, 0.15) is 30.7 Å². The highest BCUT2D eigenvalue weighted by Gasteiger charge is 2.32. The fourth-order valence-corrected chi connectivity index (χ4v) is 5.10. The van der Waals surface area contributed by atoms with Crippen molar-refractivity contribution in [3.05, 3.63) is 41.9 Å². The predicted octanol–water partition coefficient (Wildman–Crippen LogP) is 2.44. The largest absolute Gasteiger partial charge is 0.396 e. The van der Waals surface area contributed by atoms with Crippen LogP contribution in [0.4, 0.5) is 5.82 Å². The smallest absolute Gasteiger partial charge is 0.261 e. The Kier molecular flexibility index (Phi) is 5.78. The molecule has 2 heterocycles. The summed E-state index contributed by atoms with van der Waals surface area (Å²) in [6.45, 7) is 3.74. The fourth-order valence-electron chi connectivity index (χ4n) is 3.82. The van der Waals surface area contributed by atoms with Crippen molar-refractivity contribution >= 4 is 15.8 Å². The summed E-state index contributed by atoms with van der Waals surface area (Å²) in [7, 11) is -3.67. The van der Waals surface area contributed by atoms with Crippen molar-refractivity contribution < 1.29 is 18.0 Å². The van der Waals surface area contributed by atoms with Crippen molar-refractivity contribution in [3.8, 4) is 22.6 Å². The molecule has 0 saturated heterocycles. The first-order valence-corrected chi connectivity index (χ1v) is 11.6. The number of benzene rings is 1. The van der Waals surface area contributed by atoms with Crippen LogP contribution in [0.2, 0.25) is 0 Å². The number of nitrogens with two attached hydrogens (primary N) is 1. The third-order valence-corrected chi connectivity index (χ3v) is 7.12. The normalized spacial score (nSPS) is 18.7. The number of hydrogen-bond acceptors (Lipinski definition) is 8. The van der Waals surface area contributed by atoms with Crippen LogP contribution in [0.15, 0.2) is 39.9 Å². The van der Waals surface area contributed by atoms with E-state index in [0.29, 0.717) is 29.3 Å². The van der Waals surface area contributed by atoms with Gasteiger partial charge in [0.15, 0.2) is 5.82 Å². The highest BCUT2D eigenvalue weighted by molar-refractivity contribution is 7.89. The number of aliphatic hydroxyl groups excluding tert-OH is 1. The molecule has 4 N–H and O–H groups in total. The van der Waals surface area contributed by atoms with Crippen molar-refractivity contribution in [3.63, 3.8) is 0 Å². The zero-order valence-electron chi connectivity index (χ0n) is 17.4. The molecule has 0 radical (unpaired) electrons. The zero-order chi connectivity index (χ0) is 22.2. The number of nitrogens with one attached hydrogen (secondary N) is 1. The molecule has 4 rings (SSSR count). The molecule has 0 amide bonds. The van der Waals surface area contributed by atoms with Crippen LogP contribution >= 0.6 is 0 Å². The Morgan fingerprint density at radius 1 is 1.23 bits per heavy atom. The second-order valence-electron chi connectivity index (χ2n) is 7.95. The van der Waals surface area contributed by atoms with Gasteiger partial charge in [0, 0.05) is 24.4 Å². The van der Waals surface area contributed by atoms with E-state index in [9.17, 15) is 8.42 Å². The molecule has 1 aromatic carbocycles. The van der Waals surface area contributed by atoms with Crippen molar-refractivity contribution in [1.29, 1.82) is 0 Å². The monoisotopic (exact) mass is 443 g/mol. The highest BCUT2D eigenvalue weighted by Crippen LogP contribution is 2.33. The molecule has 0 unspecified atom stereocenters. The van der Waals surface area contributed by atoms with E-state index in [1.54, 1.807) is 37.4 Å². The van der Waals surface area contributed by atoms with E-state index in [1.165, 1.54) is 0 Å². The number of pyridine rings is 1. The molecule has 1 fully saturated rings. The minimum absolute atomic E-state index is 0.100. The van der Waals surface area contributed by atoms with Gasteiger partial charge in [0.2, 0.25) is 10.0 Å². The summed E-state index contributed by atoms with van der Waals surface area (Å²) < 4.78 is 33.8. The second-order valence-corrected chi connectivity index (χ2v) is 9.66. The lowest BCUT2D eigenvalue weighted by atomic mass is 9.79. The van der Waals surface area contributed by atoms with Gasteiger partial charge >= 0.3 is 0 Å². The maximum atomic E-state index is 12.9. The van der Waals surface area contributed by atoms with Crippen LogP contribution in [0.3, 0.4) is 0 Å². The minimum Gasteiger partial charge on any atom is -0.396 e. The van der Waals surface area contributed by atoms with Gasteiger partial charge in [-0.05, 0) is 68.4 Å². The number of aromatic nitrogens is 3. The molecule has 1 aliphatic carbocycles. The van der Waals surface area contributed by atoms with Crippen molar-refractivity contribution in [2.24, 2.45) is 5.92 Å². The molecule has 0 spiro atoms. The molecule has 2 aromatic heterocycles. The Morgan fingerprint density at radius 2 is 2.00 bits per heavy atom. The SMILES string of the molecule is Cc1noc(-c2cc(-c3cc(S(=O)(=O)NC4CC(CCO)C4)ccc3C)cnc2N)n1. The summed E-state index contributed by atoms with van der Waals surface area (Å²) in [6.07, 6.45) is 3.79. The number of sulfonamides is 1. The van der Waals surface area contributed by atoms with Crippen LogP contribution < -0.4 is 10.5 Å². The van der Waals surface area contributed by atoms with Crippen LogP contribution in [0.25, 0.3) is 22.6 Å². The number of anilines is 1. The van der Waals surface area contributed by atoms with Gasteiger partial charge in [0.05, 0.1) is 10.5 Å². The summed E-state index contributed by atoms with van der Waals surface area (Å²) in [5, 5.41) is 12.8. The third kappa shape index (κ3) is 4.46. The maximum absolute atomic E-state index is 12.9. The maximum Gasteiger partial charge on any atom is 0.261 e. The molecule has 31 heavy (non-hydrogen) atoms. The summed E-state index contributed by atoms with van der Waals surface area (Å²) in [4.78, 5) is 8.63. The molecule has 3 aromatic rings. The molecule has 1 aliphatic rings. The van der Waals surface area contributed by atoms with E-state index in [-0.39, 0.29) is 29.3 Å². The van der Waals surface area contributed by atoms with E-state index >= 15 is 0 Å². The average molecular weight is 444 g/mol. The first-order valence-electron chi connectivity index (χ1n) is 10.1. The lowest BCUT2D eigenvalue weighted by Crippen LogP contribution is -2.44. The number of aryl methyl sites for hydroxylation is 2. The van der Waals surface area contributed by atoms with Gasteiger partial charge in [0.1, 0.15) is 5.82 Å². The number of nitrogen functional groups attached to an aromatic ring is 1. The molecule has 0 atom stereocenters. The van der Waals surface area contributed by atoms with E-state index in [4.69, 9.17) is 15.4 Å². The first kappa shape index (κ1) is 21.4. The molecule has 0 bridgehead atoms. The molecule has 164 valence electrons. The molecular formula is C21H25N5O4S. The minimum atomic E-state index is -3.67. The fraction of sp³-hybridized carbons (Fsp3) is 0.381. The Bertz CT molecular complexity index is 1200. The van der Waals surface area contributed by atoms with E-state index in [0.717, 1.165) is 24.0 Å². The number of aliphatic hydroxyl groups is 1. The van der Waals surface area contributed by atoms with Gasteiger partial charge in [-0.3, -0.25) is 0 Å². The Labute approximate surface area is 180 Å². The number of rotatable bonds is 7. The Balaban J connectivity index is 1.63. The van der Waals surface area contributed by atoms with Gasteiger partial charge < -0.3 is 15.4 Å². The number of hydrogen-bond donors (Lipinski definition) is 3. The topological polar surface area (TPSA) is 144 Å². The Hall–Kier alpha value is -2.82. The lowest BCUT2D eigenvalue weighted by Gasteiger charge is -2.35. The molecule has 10 heteroatoms. The van der Waals surface area contributed by atoms with Gasteiger partial charge in [-0.1, -0.05) is 11.2 Å². The van der Waals surface area contributed by atoms with E-state index in [1.807, 2.05) is 6.92 Å². The molecule has 0 aliphatic heterocycles. The van der Waals surface area contributed by atoms with Crippen LogP contribution in [-0.2, 0) is 10.0 Å². The van der Waals surface area contributed by atoms with Crippen LogP contribution in [-0.4, -0.2) is 41.3 Å². The standard InChI is InChI=1S/C21H25N5O4S/c1-12-3-4-17(31(28,29)26-16-7-14(8-16)5-6-27)10-18(12)15-9-19(20(22)23-11-15)21-24-13(2)25-30-21/h3-4,9-11,14,16,26-27H,5-8H2,1-2H3,(H2,22,23). The Morgan fingerprint density at radius 3 is 2.68 bits per heavy atom. The summed E-state index contributed by atoms with van der Waals surface area (Å²) >= 11 is 0. The number of nitrogens with zero attached hydrogens (tertiary/aromatic N) is 3. The van der Waals surface area contributed by atoms with Crippen LogP contribution in [0.5, 0.6) is 0 Å². The van der Waals surface area contributed by atoms with Crippen LogP contribution in [0, 0.1) is 19.8 Å². The first-order chi connectivity index (χ1) is 14.8. The summed E-state index contributed by atoms with van der Waals surface area (Å²) in [5.41, 5.74) is 8.80. The van der Waals surface area contributed by atoms with Gasteiger partial charge in [-0.25, -0.2) is 18.1 Å².